The Morgan fingerprint density at radius 2 is 2.44 bits per heavy atom. The van der Waals surface area contributed by atoms with Gasteiger partial charge in [0.15, 0.2) is 0 Å². The lowest BCUT2D eigenvalue weighted by atomic mass is 10.7. The van der Waals surface area contributed by atoms with E-state index in [-0.39, 0.29) is 0 Å². The zero-order chi connectivity index (χ0) is 6.95. The van der Waals surface area contributed by atoms with E-state index in [1.807, 2.05) is 0 Å². The first-order valence-electron chi connectivity index (χ1n) is 2.58. The molecule has 0 spiro atoms. The number of hydroxylamine groups is 1. The summed E-state index contributed by atoms with van der Waals surface area (Å²) in [5.74, 6) is 0. The van der Waals surface area contributed by atoms with E-state index in [0.29, 0.717) is 13.2 Å². The second kappa shape index (κ2) is 7.26. The first-order valence-corrected chi connectivity index (χ1v) is 2.58. The third kappa shape index (κ3) is 7.26. The minimum atomic E-state index is 0.583. The van der Waals surface area contributed by atoms with Crippen molar-refractivity contribution in [3.05, 3.63) is 12.5 Å². The Labute approximate surface area is 54.0 Å². The SMILES string of the molecule is COCCNO/C=C\O. The molecule has 0 bridgehead atoms. The van der Waals surface area contributed by atoms with Crippen LogP contribution in [0.1, 0.15) is 0 Å². The van der Waals surface area contributed by atoms with Gasteiger partial charge in [-0.05, 0) is 0 Å². The van der Waals surface area contributed by atoms with E-state index < -0.39 is 0 Å². The summed E-state index contributed by atoms with van der Waals surface area (Å²) in [7, 11) is 1.60. The van der Waals surface area contributed by atoms with E-state index in [2.05, 4.69) is 10.3 Å². The first-order chi connectivity index (χ1) is 4.41. The summed E-state index contributed by atoms with van der Waals surface area (Å²) in [4.78, 5) is 4.52. The highest BCUT2D eigenvalue weighted by molar-refractivity contribution is 4.54. The largest absolute Gasteiger partial charge is 0.512 e. The molecule has 0 aromatic rings. The summed E-state index contributed by atoms with van der Waals surface area (Å²) in [6.07, 6.45) is 1.94. The third-order valence-electron chi connectivity index (χ3n) is 0.620. The maximum Gasteiger partial charge on any atom is 0.145 e. The molecular weight excluding hydrogens is 122 g/mol. The van der Waals surface area contributed by atoms with Crippen LogP contribution in [-0.4, -0.2) is 25.4 Å². The Balaban J connectivity index is 2.75. The van der Waals surface area contributed by atoms with Crippen molar-refractivity contribution in [2.75, 3.05) is 20.3 Å². The molecule has 0 saturated carbocycles. The monoisotopic (exact) mass is 133 g/mol. The summed E-state index contributed by atoms with van der Waals surface area (Å²) in [6.45, 7) is 1.18. The lowest BCUT2D eigenvalue weighted by molar-refractivity contribution is 0.0962. The Bertz CT molecular complexity index is 74.6. The molecule has 0 amide bonds. The van der Waals surface area contributed by atoms with Crippen molar-refractivity contribution >= 4 is 0 Å². The van der Waals surface area contributed by atoms with Crippen molar-refractivity contribution in [3.8, 4) is 0 Å². The number of hydrogen-bond acceptors (Lipinski definition) is 4. The van der Waals surface area contributed by atoms with Crippen LogP contribution in [0.25, 0.3) is 0 Å². The fraction of sp³-hybridized carbons (Fsp3) is 0.600. The van der Waals surface area contributed by atoms with Gasteiger partial charge >= 0.3 is 0 Å². The maximum absolute atomic E-state index is 8.05. The summed E-state index contributed by atoms with van der Waals surface area (Å²) < 4.78 is 4.69. The third-order valence-corrected chi connectivity index (χ3v) is 0.620. The molecule has 0 aliphatic rings. The van der Waals surface area contributed by atoms with Crippen LogP contribution in [0.15, 0.2) is 12.5 Å². The second-order valence-corrected chi connectivity index (χ2v) is 1.29. The van der Waals surface area contributed by atoms with Gasteiger partial charge in [0, 0.05) is 7.11 Å². The van der Waals surface area contributed by atoms with Gasteiger partial charge in [-0.25, -0.2) is 0 Å². The molecule has 4 heteroatoms. The number of ether oxygens (including phenoxy) is 1. The molecule has 2 N–H and O–H groups in total. The minimum absolute atomic E-state index is 0.583. The van der Waals surface area contributed by atoms with Crippen molar-refractivity contribution in [1.82, 2.24) is 5.48 Å². The number of aliphatic hydroxyl groups excluding tert-OH is 1. The molecule has 54 valence electrons. The first kappa shape index (κ1) is 8.26. The standard InChI is InChI=1S/C5H11NO3/c1-8-4-2-6-9-5-3-7/h3,5-7H,2,4H2,1H3/b5-3-. The molecule has 0 unspecified atom stereocenters. The van der Waals surface area contributed by atoms with Crippen molar-refractivity contribution in [1.29, 1.82) is 0 Å². The van der Waals surface area contributed by atoms with Crippen molar-refractivity contribution in [3.63, 3.8) is 0 Å². The molecule has 0 aliphatic heterocycles. The van der Waals surface area contributed by atoms with Gasteiger partial charge in [-0.3, -0.25) is 0 Å². The number of nitrogens with one attached hydrogen (secondary N) is 1. The molecule has 0 radical (unpaired) electrons. The van der Waals surface area contributed by atoms with Gasteiger partial charge in [-0.15, -0.1) is 0 Å². The van der Waals surface area contributed by atoms with Gasteiger partial charge in [-0.1, -0.05) is 0 Å². The van der Waals surface area contributed by atoms with Crippen molar-refractivity contribution in [2.24, 2.45) is 0 Å². The van der Waals surface area contributed by atoms with Gasteiger partial charge in [0.1, 0.15) is 12.5 Å². The molecule has 0 rings (SSSR count). The number of hydrogen-bond donors (Lipinski definition) is 2. The molecule has 0 aromatic heterocycles. The average Bonchev–Trinajstić information content (AvgIpc) is 1.89. The van der Waals surface area contributed by atoms with E-state index in [1.165, 1.54) is 0 Å². The lowest BCUT2D eigenvalue weighted by Crippen LogP contribution is -2.16. The van der Waals surface area contributed by atoms with Gasteiger partial charge in [-0.2, -0.15) is 5.48 Å². The topological polar surface area (TPSA) is 50.7 Å². The van der Waals surface area contributed by atoms with E-state index in [1.54, 1.807) is 7.11 Å². The van der Waals surface area contributed by atoms with Gasteiger partial charge < -0.3 is 14.7 Å². The van der Waals surface area contributed by atoms with Crippen molar-refractivity contribution in [2.45, 2.75) is 0 Å². The predicted octanol–water partition coefficient (Wildman–Crippen LogP) is 0.183. The quantitative estimate of drug-likeness (QED) is 0.319. The number of methoxy groups -OCH3 is 1. The lowest BCUT2D eigenvalue weighted by Gasteiger charge is -1.99. The molecule has 0 atom stereocenters. The Kier molecular flexibility index (Phi) is 6.66. The van der Waals surface area contributed by atoms with Crippen LogP contribution in [0.2, 0.25) is 0 Å². The van der Waals surface area contributed by atoms with E-state index in [0.717, 1.165) is 12.5 Å². The zero-order valence-electron chi connectivity index (χ0n) is 5.33. The van der Waals surface area contributed by atoms with Gasteiger partial charge in [0.2, 0.25) is 0 Å². The second-order valence-electron chi connectivity index (χ2n) is 1.29. The highest BCUT2D eigenvalue weighted by Gasteiger charge is 1.79. The van der Waals surface area contributed by atoms with E-state index in [4.69, 9.17) is 9.84 Å². The van der Waals surface area contributed by atoms with Gasteiger partial charge in [0.05, 0.1) is 13.2 Å². The fourth-order valence-electron chi connectivity index (χ4n) is 0.281. The minimum Gasteiger partial charge on any atom is -0.512 e. The van der Waals surface area contributed by atoms with E-state index in [9.17, 15) is 0 Å². The highest BCUT2D eigenvalue weighted by Crippen LogP contribution is 1.68. The highest BCUT2D eigenvalue weighted by atomic mass is 16.6. The molecule has 0 aliphatic carbocycles. The number of rotatable bonds is 5. The maximum atomic E-state index is 8.05. The Hall–Kier alpha value is -0.740. The zero-order valence-corrected chi connectivity index (χ0v) is 5.33. The van der Waals surface area contributed by atoms with E-state index >= 15 is 0 Å². The molecule has 9 heavy (non-hydrogen) atoms. The van der Waals surface area contributed by atoms with Crippen LogP contribution in [-0.2, 0) is 9.57 Å². The smallest absolute Gasteiger partial charge is 0.145 e. The molecule has 0 saturated heterocycles. The summed E-state index contributed by atoms with van der Waals surface area (Å²) in [5, 5.41) is 8.05. The number of aliphatic hydroxyl groups is 1. The van der Waals surface area contributed by atoms with Crippen LogP contribution in [0.5, 0.6) is 0 Å². The summed E-state index contributed by atoms with van der Waals surface area (Å²) >= 11 is 0. The summed E-state index contributed by atoms with van der Waals surface area (Å²) in [5.41, 5.74) is 2.52. The van der Waals surface area contributed by atoms with Crippen LogP contribution < -0.4 is 5.48 Å². The van der Waals surface area contributed by atoms with Crippen LogP contribution in [0.3, 0.4) is 0 Å². The molecule has 0 heterocycles. The Morgan fingerprint density at radius 1 is 1.67 bits per heavy atom. The normalized spacial score (nSPS) is 10.3. The Morgan fingerprint density at radius 3 is 3.00 bits per heavy atom. The molecule has 0 aromatic carbocycles. The average molecular weight is 133 g/mol. The van der Waals surface area contributed by atoms with Gasteiger partial charge in [0.25, 0.3) is 0 Å². The van der Waals surface area contributed by atoms with Crippen molar-refractivity contribution < 1.29 is 14.7 Å². The predicted molar refractivity (Wildman–Crippen MR) is 32.7 cm³/mol. The molecule has 4 nitrogen and oxygen atoms in total. The molecular formula is C5H11NO3. The fourth-order valence-corrected chi connectivity index (χ4v) is 0.281. The van der Waals surface area contributed by atoms with Crippen LogP contribution in [0.4, 0.5) is 0 Å². The summed E-state index contributed by atoms with van der Waals surface area (Å²) in [6, 6.07) is 0. The van der Waals surface area contributed by atoms with Crippen LogP contribution >= 0.6 is 0 Å². The molecule has 0 fully saturated rings. The van der Waals surface area contributed by atoms with Crippen LogP contribution in [0, 0.1) is 0 Å².